The number of nitrogens with one attached hydrogen (secondary N) is 2. The molecule has 3 aromatic rings. The number of rotatable bonds is 7. The molecular weight excluding hydrogens is 528 g/mol. The molecule has 3 heterocycles. The van der Waals surface area contributed by atoms with Gasteiger partial charge in [0.2, 0.25) is 0 Å². The number of morpholine rings is 1. The highest BCUT2D eigenvalue weighted by atomic mass is 16.5. The van der Waals surface area contributed by atoms with Gasteiger partial charge in [0, 0.05) is 30.8 Å². The summed E-state index contributed by atoms with van der Waals surface area (Å²) in [6, 6.07) is 18.3. The molecule has 0 aliphatic carbocycles. The van der Waals surface area contributed by atoms with E-state index >= 15 is 0 Å². The predicted octanol–water partition coefficient (Wildman–Crippen LogP) is 2.65. The predicted molar refractivity (Wildman–Crippen MR) is 146 cm³/mol. The first kappa shape index (κ1) is 26.3. The van der Waals surface area contributed by atoms with Gasteiger partial charge in [0.05, 0.1) is 26.9 Å². The van der Waals surface area contributed by atoms with Crippen molar-refractivity contribution in [1.82, 2.24) is 20.4 Å². The van der Waals surface area contributed by atoms with Crippen LogP contribution in [-0.2, 0) is 21.6 Å². The molecule has 2 saturated heterocycles. The number of benzene rings is 3. The third-order valence-electron chi connectivity index (χ3n) is 7.53. The first-order chi connectivity index (χ1) is 19.9. The van der Waals surface area contributed by atoms with Crippen LogP contribution in [0.5, 0.6) is 17.2 Å². The smallest absolute Gasteiger partial charge is 0.322 e. The fourth-order valence-corrected chi connectivity index (χ4v) is 5.36. The molecule has 0 radical (unpaired) electrons. The molecule has 11 heteroatoms. The lowest BCUT2D eigenvalue weighted by molar-refractivity contribution is -0.124. The fourth-order valence-electron chi connectivity index (χ4n) is 5.36. The molecule has 2 N–H and O–H groups in total. The van der Waals surface area contributed by atoms with Crippen molar-refractivity contribution in [2.75, 3.05) is 40.0 Å². The Labute approximate surface area is 236 Å². The Kier molecular flexibility index (Phi) is 6.80. The standard InChI is InChI=1S/C30H28N4O7/c1-39-23-8-5-20-17-34(27(36)25(20)16-23)18-30(28(37)31-29(38)32-30)21-6-9-22(10-7-21)41-24-4-2-3-19(15-24)26(35)33-11-13-40-14-12-33/h2-10,15-16H,11-14,17-18H2,1H3,(H2,31,32,37,38)/t30-/m0/s1. The zero-order chi connectivity index (χ0) is 28.6. The number of carbonyl (C=O) groups is 4. The minimum Gasteiger partial charge on any atom is -0.497 e. The molecule has 0 spiro atoms. The molecule has 0 aromatic heterocycles. The third kappa shape index (κ3) is 4.95. The molecule has 2 fully saturated rings. The van der Waals surface area contributed by atoms with Gasteiger partial charge < -0.3 is 29.3 Å². The topological polar surface area (TPSA) is 127 Å². The van der Waals surface area contributed by atoms with Gasteiger partial charge in [0.15, 0.2) is 5.54 Å². The number of nitrogens with zero attached hydrogens (tertiary/aromatic N) is 2. The van der Waals surface area contributed by atoms with Gasteiger partial charge in [-0.25, -0.2) is 4.79 Å². The number of methoxy groups -OCH3 is 1. The Balaban J connectivity index is 1.21. The van der Waals surface area contributed by atoms with Gasteiger partial charge in [-0.1, -0.05) is 24.3 Å². The molecule has 3 aliphatic rings. The molecule has 11 nitrogen and oxygen atoms in total. The van der Waals surface area contributed by atoms with Crippen LogP contribution < -0.4 is 20.1 Å². The van der Waals surface area contributed by atoms with Crippen LogP contribution in [0.4, 0.5) is 4.79 Å². The summed E-state index contributed by atoms with van der Waals surface area (Å²) in [6.45, 7) is 2.35. The molecule has 3 aliphatic heterocycles. The maximum Gasteiger partial charge on any atom is 0.322 e. The van der Waals surface area contributed by atoms with Crippen LogP contribution >= 0.6 is 0 Å². The van der Waals surface area contributed by atoms with E-state index in [2.05, 4.69) is 10.6 Å². The van der Waals surface area contributed by atoms with E-state index in [4.69, 9.17) is 14.2 Å². The summed E-state index contributed by atoms with van der Waals surface area (Å²) in [5, 5.41) is 5.05. The molecule has 6 rings (SSSR count). The summed E-state index contributed by atoms with van der Waals surface area (Å²) < 4.78 is 16.6. The zero-order valence-corrected chi connectivity index (χ0v) is 22.3. The van der Waals surface area contributed by atoms with Crippen LogP contribution in [-0.4, -0.2) is 73.5 Å². The van der Waals surface area contributed by atoms with Gasteiger partial charge in [-0.3, -0.25) is 19.7 Å². The second-order valence-corrected chi connectivity index (χ2v) is 10.1. The van der Waals surface area contributed by atoms with E-state index in [0.717, 1.165) is 5.56 Å². The number of ether oxygens (including phenoxy) is 3. The Bertz CT molecular complexity index is 1530. The lowest BCUT2D eigenvalue weighted by Gasteiger charge is -2.31. The van der Waals surface area contributed by atoms with Crippen molar-refractivity contribution in [2.24, 2.45) is 0 Å². The van der Waals surface area contributed by atoms with E-state index in [-0.39, 0.29) is 18.4 Å². The van der Waals surface area contributed by atoms with Crippen molar-refractivity contribution in [1.29, 1.82) is 0 Å². The van der Waals surface area contributed by atoms with Gasteiger partial charge in [-0.05, 0) is 53.6 Å². The summed E-state index contributed by atoms with van der Waals surface area (Å²) in [5.74, 6) is 0.629. The molecule has 1 atom stereocenters. The van der Waals surface area contributed by atoms with Gasteiger partial charge in [0.25, 0.3) is 17.7 Å². The molecule has 0 bridgehead atoms. The highest BCUT2D eigenvalue weighted by Gasteiger charge is 2.50. The van der Waals surface area contributed by atoms with Crippen molar-refractivity contribution in [3.05, 3.63) is 89.0 Å². The van der Waals surface area contributed by atoms with Gasteiger partial charge in [-0.2, -0.15) is 0 Å². The third-order valence-corrected chi connectivity index (χ3v) is 7.53. The first-order valence-corrected chi connectivity index (χ1v) is 13.2. The van der Waals surface area contributed by atoms with Crippen LogP contribution in [0.3, 0.4) is 0 Å². The minimum atomic E-state index is -1.48. The van der Waals surface area contributed by atoms with Crippen LogP contribution in [0.1, 0.15) is 31.8 Å². The lowest BCUT2D eigenvalue weighted by Crippen LogP contribution is -2.52. The number of imide groups is 1. The summed E-state index contributed by atoms with van der Waals surface area (Å²) in [4.78, 5) is 54.8. The summed E-state index contributed by atoms with van der Waals surface area (Å²) in [7, 11) is 1.53. The average Bonchev–Trinajstić information content (AvgIpc) is 3.47. The van der Waals surface area contributed by atoms with Crippen molar-refractivity contribution < 1.29 is 33.4 Å². The molecule has 0 saturated carbocycles. The monoisotopic (exact) mass is 556 g/mol. The number of amides is 5. The van der Waals surface area contributed by atoms with E-state index in [0.29, 0.717) is 66.8 Å². The van der Waals surface area contributed by atoms with E-state index in [1.807, 2.05) is 6.07 Å². The number of hydrogen-bond acceptors (Lipinski definition) is 7. The van der Waals surface area contributed by atoms with Crippen LogP contribution in [0.15, 0.2) is 66.7 Å². The van der Waals surface area contributed by atoms with Gasteiger partial charge >= 0.3 is 6.03 Å². The van der Waals surface area contributed by atoms with Gasteiger partial charge in [0.1, 0.15) is 17.2 Å². The molecule has 3 aromatic carbocycles. The molecule has 41 heavy (non-hydrogen) atoms. The van der Waals surface area contributed by atoms with Crippen molar-refractivity contribution in [2.45, 2.75) is 12.1 Å². The highest BCUT2D eigenvalue weighted by Crippen LogP contribution is 2.34. The van der Waals surface area contributed by atoms with Gasteiger partial charge in [-0.15, -0.1) is 0 Å². The van der Waals surface area contributed by atoms with E-state index < -0.39 is 17.5 Å². The number of hydrogen-bond donors (Lipinski definition) is 2. The highest BCUT2D eigenvalue weighted by molar-refractivity contribution is 6.08. The second-order valence-electron chi connectivity index (χ2n) is 10.1. The summed E-state index contributed by atoms with van der Waals surface area (Å²) in [5.41, 5.74) is 0.836. The number of fused-ring (bicyclic) bond motifs is 1. The first-order valence-electron chi connectivity index (χ1n) is 13.2. The van der Waals surface area contributed by atoms with Crippen molar-refractivity contribution in [3.8, 4) is 17.2 Å². The Morgan fingerprint density at radius 3 is 2.41 bits per heavy atom. The average molecular weight is 557 g/mol. The minimum absolute atomic E-state index is 0.0632. The van der Waals surface area contributed by atoms with E-state index in [9.17, 15) is 19.2 Å². The van der Waals surface area contributed by atoms with Crippen molar-refractivity contribution >= 4 is 23.8 Å². The molecular formula is C30H28N4O7. The molecule has 5 amide bonds. The maximum atomic E-state index is 13.2. The molecule has 210 valence electrons. The van der Waals surface area contributed by atoms with Crippen molar-refractivity contribution in [3.63, 3.8) is 0 Å². The fraction of sp³-hybridized carbons (Fsp3) is 0.267. The Hall–Kier alpha value is -4.90. The SMILES string of the molecule is COc1ccc2c(c1)C(=O)N(C[C@@]1(c3ccc(Oc4cccc(C(=O)N5CCOCC5)c4)cc3)NC(=O)NC1=O)C2. The largest absolute Gasteiger partial charge is 0.497 e. The summed E-state index contributed by atoms with van der Waals surface area (Å²) in [6.07, 6.45) is 0. The quantitative estimate of drug-likeness (QED) is 0.429. The normalized spacial score (nSPS) is 20.0. The van der Waals surface area contributed by atoms with Crippen LogP contribution in [0.2, 0.25) is 0 Å². The van der Waals surface area contributed by atoms with Crippen LogP contribution in [0, 0.1) is 0 Å². The summed E-state index contributed by atoms with van der Waals surface area (Å²) >= 11 is 0. The van der Waals surface area contributed by atoms with Crippen LogP contribution in [0.25, 0.3) is 0 Å². The second kappa shape index (κ2) is 10.6. The van der Waals surface area contributed by atoms with E-state index in [1.165, 1.54) is 12.0 Å². The number of urea groups is 1. The lowest BCUT2D eigenvalue weighted by atomic mass is 9.89. The molecule has 0 unspecified atom stereocenters. The number of carbonyl (C=O) groups excluding carboxylic acids is 4. The Morgan fingerprint density at radius 1 is 0.951 bits per heavy atom. The van der Waals surface area contributed by atoms with E-state index in [1.54, 1.807) is 65.6 Å². The zero-order valence-electron chi connectivity index (χ0n) is 22.3. The Morgan fingerprint density at radius 2 is 1.71 bits per heavy atom. The maximum absolute atomic E-state index is 13.2.